The van der Waals surface area contributed by atoms with Crippen LogP contribution in [0.4, 0.5) is 0 Å². The van der Waals surface area contributed by atoms with Crippen LogP contribution in [0.15, 0.2) is 12.2 Å². The molecule has 3 nitrogen and oxygen atoms in total. The molecule has 0 aromatic heterocycles. The van der Waals surface area contributed by atoms with Crippen molar-refractivity contribution in [2.45, 2.75) is 32.0 Å². The van der Waals surface area contributed by atoms with Gasteiger partial charge in [0.25, 0.3) is 0 Å². The van der Waals surface area contributed by atoms with Crippen LogP contribution < -0.4 is 0 Å². The molecule has 96 valence electrons. The molecule has 3 aliphatic rings. The van der Waals surface area contributed by atoms with E-state index in [9.17, 15) is 10.2 Å². The Kier molecular flexibility index (Phi) is 2.30. The SMILES string of the molecule is C=C1C2C(CO)C3CCCC1(C)C3C2(O)OC. The van der Waals surface area contributed by atoms with Crippen molar-refractivity contribution in [1.29, 1.82) is 0 Å². The minimum Gasteiger partial charge on any atom is -0.396 e. The molecule has 2 N–H and O–H groups in total. The molecule has 0 spiro atoms. The van der Waals surface area contributed by atoms with E-state index in [-0.39, 0.29) is 29.8 Å². The Balaban J connectivity index is 2.13. The van der Waals surface area contributed by atoms with Crippen LogP contribution in [0.3, 0.4) is 0 Å². The lowest BCUT2D eigenvalue weighted by molar-refractivity contribution is -0.229. The number of methoxy groups -OCH3 is 1. The van der Waals surface area contributed by atoms with Gasteiger partial charge >= 0.3 is 0 Å². The van der Waals surface area contributed by atoms with Gasteiger partial charge in [-0.15, -0.1) is 0 Å². The highest BCUT2D eigenvalue weighted by Crippen LogP contribution is 2.72. The lowest BCUT2D eigenvalue weighted by atomic mass is 9.57. The summed E-state index contributed by atoms with van der Waals surface area (Å²) in [4.78, 5) is 0. The Morgan fingerprint density at radius 1 is 1.53 bits per heavy atom. The van der Waals surface area contributed by atoms with Crippen molar-refractivity contribution in [1.82, 2.24) is 0 Å². The highest BCUT2D eigenvalue weighted by molar-refractivity contribution is 5.34. The Morgan fingerprint density at radius 3 is 2.82 bits per heavy atom. The molecule has 3 heteroatoms. The zero-order chi connectivity index (χ0) is 12.4. The Labute approximate surface area is 102 Å². The van der Waals surface area contributed by atoms with Gasteiger partial charge in [0, 0.05) is 25.6 Å². The summed E-state index contributed by atoms with van der Waals surface area (Å²) in [7, 11) is 1.58. The predicted octanol–water partition coefficient (Wildman–Crippen LogP) is 1.55. The van der Waals surface area contributed by atoms with E-state index >= 15 is 0 Å². The second-order valence-corrected chi connectivity index (χ2v) is 6.26. The molecule has 0 amide bonds. The largest absolute Gasteiger partial charge is 0.396 e. The fourth-order valence-corrected chi connectivity index (χ4v) is 5.19. The van der Waals surface area contributed by atoms with Gasteiger partial charge in [0.05, 0.1) is 0 Å². The van der Waals surface area contributed by atoms with Crippen LogP contribution in [-0.2, 0) is 4.74 Å². The highest BCUT2D eigenvalue weighted by atomic mass is 16.6. The molecule has 6 unspecified atom stereocenters. The van der Waals surface area contributed by atoms with Crippen molar-refractivity contribution >= 4 is 0 Å². The summed E-state index contributed by atoms with van der Waals surface area (Å²) in [5.74, 6) is -0.546. The van der Waals surface area contributed by atoms with E-state index in [4.69, 9.17) is 4.74 Å². The van der Waals surface area contributed by atoms with Crippen molar-refractivity contribution in [3.05, 3.63) is 12.2 Å². The maximum Gasteiger partial charge on any atom is 0.175 e. The van der Waals surface area contributed by atoms with Gasteiger partial charge in [-0.3, -0.25) is 0 Å². The van der Waals surface area contributed by atoms with Gasteiger partial charge in [-0.2, -0.15) is 0 Å². The van der Waals surface area contributed by atoms with Crippen LogP contribution in [0.1, 0.15) is 26.2 Å². The fourth-order valence-electron chi connectivity index (χ4n) is 5.19. The molecule has 6 atom stereocenters. The lowest BCUT2D eigenvalue weighted by Gasteiger charge is -2.47. The van der Waals surface area contributed by atoms with Crippen LogP contribution in [0.5, 0.6) is 0 Å². The van der Waals surface area contributed by atoms with Crippen LogP contribution in [0.25, 0.3) is 0 Å². The average Bonchev–Trinajstić information content (AvgIpc) is 2.67. The van der Waals surface area contributed by atoms with E-state index in [0.29, 0.717) is 5.92 Å². The summed E-state index contributed by atoms with van der Waals surface area (Å²) >= 11 is 0. The van der Waals surface area contributed by atoms with Crippen molar-refractivity contribution in [3.63, 3.8) is 0 Å². The zero-order valence-corrected chi connectivity index (χ0v) is 10.6. The third-order valence-corrected chi connectivity index (χ3v) is 5.86. The van der Waals surface area contributed by atoms with Gasteiger partial charge in [0.15, 0.2) is 5.79 Å². The number of aliphatic hydroxyl groups excluding tert-OH is 1. The van der Waals surface area contributed by atoms with E-state index < -0.39 is 5.79 Å². The monoisotopic (exact) mass is 238 g/mol. The van der Waals surface area contributed by atoms with Crippen LogP contribution in [0, 0.1) is 29.1 Å². The topological polar surface area (TPSA) is 49.7 Å². The van der Waals surface area contributed by atoms with Crippen molar-refractivity contribution < 1.29 is 14.9 Å². The van der Waals surface area contributed by atoms with Gasteiger partial charge in [-0.25, -0.2) is 0 Å². The first-order valence-electron chi connectivity index (χ1n) is 6.58. The molecular weight excluding hydrogens is 216 g/mol. The number of hydrogen-bond acceptors (Lipinski definition) is 3. The van der Waals surface area contributed by atoms with Crippen LogP contribution >= 0.6 is 0 Å². The Bertz CT molecular complexity index is 366. The molecule has 0 aromatic rings. The number of aliphatic hydroxyl groups is 2. The third kappa shape index (κ3) is 1.09. The zero-order valence-electron chi connectivity index (χ0n) is 10.6. The smallest absolute Gasteiger partial charge is 0.175 e. The molecule has 0 heterocycles. The maximum absolute atomic E-state index is 10.8. The summed E-state index contributed by atoms with van der Waals surface area (Å²) in [5.41, 5.74) is 1.10. The number of hydrogen-bond donors (Lipinski definition) is 2. The Morgan fingerprint density at radius 2 is 2.24 bits per heavy atom. The molecule has 0 radical (unpaired) electrons. The summed E-state index contributed by atoms with van der Waals surface area (Å²) in [6.45, 7) is 6.56. The van der Waals surface area contributed by atoms with Crippen LogP contribution in [0.2, 0.25) is 0 Å². The normalized spacial score (nSPS) is 56.6. The summed E-state index contributed by atoms with van der Waals surface area (Å²) in [5, 5.41) is 20.5. The minimum absolute atomic E-state index is 0.00398. The molecular formula is C14H22O3. The Hall–Kier alpha value is -0.380. The van der Waals surface area contributed by atoms with Gasteiger partial charge in [0.1, 0.15) is 0 Å². The number of ether oxygens (including phenoxy) is 1. The van der Waals surface area contributed by atoms with Crippen molar-refractivity contribution in [3.8, 4) is 0 Å². The molecule has 0 saturated heterocycles. The van der Waals surface area contributed by atoms with E-state index in [1.807, 2.05) is 0 Å². The van der Waals surface area contributed by atoms with E-state index in [0.717, 1.165) is 18.4 Å². The molecule has 3 saturated carbocycles. The summed E-state index contributed by atoms with van der Waals surface area (Å²) in [6.07, 6.45) is 3.36. The van der Waals surface area contributed by atoms with E-state index in [2.05, 4.69) is 13.5 Å². The van der Waals surface area contributed by atoms with Crippen molar-refractivity contribution in [2.75, 3.05) is 13.7 Å². The molecule has 17 heavy (non-hydrogen) atoms. The van der Waals surface area contributed by atoms with E-state index in [1.54, 1.807) is 7.11 Å². The fraction of sp³-hybridized carbons (Fsp3) is 0.857. The molecule has 3 rings (SSSR count). The standard InChI is InChI=1S/C14H22O3/c1-8-11-10(7-15)9-5-4-6-13(8,2)12(9)14(11,16)17-3/h9-12,15-16H,1,4-7H2,2-3H3. The van der Waals surface area contributed by atoms with Gasteiger partial charge < -0.3 is 14.9 Å². The lowest BCUT2D eigenvalue weighted by Crippen LogP contribution is -2.44. The number of rotatable bonds is 2. The van der Waals surface area contributed by atoms with Gasteiger partial charge in [-0.1, -0.05) is 25.5 Å². The first-order valence-corrected chi connectivity index (χ1v) is 6.58. The van der Waals surface area contributed by atoms with E-state index in [1.165, 1.54) is 6.42 Å². The first-order chi connectivity index (χ1) is 8.00. The summed E-state index contributed by atoms with van der Waals surface area (Å²) < 4.78 is 5.47. The predicted molar refractivity (Wildman–Crippen MR) is 64.1 cm³/mol. The molecule has 0 aliphatic heterocycles. The quantitative estimate of drug-likeness (QED) is 0.567. The molecule has 3 aliphatic carbocycles. The second kappa shape index (κ2) is 3.34. The number of fused-ring (bicyclic) bond motifs is 1. The summed E-state index contributed by atoms with van der Waals surface area (Å²) in [6, 6.07) is 0. The highest BCUT2D eigenvalue weighted by Gasteiger charge is 2.73. The third-order valence-electron chi connectivity index (χ3n) is 5.86. The molecule has 3 fully saturated rings. The van der Waals surface area contributed by atoms with Crippen LogP contribution in [-0.4, -0.2) is 29.7 Å². The minimum atomic E-state index is -1.09. The van der Waals surface area contributed by atoms with Crippen molar-refractivity contribution in [2.24, 2.45) is 29.1 Å². The van der Waals surface area contributed by atoms with Gasteiger partial charge in [0.2, 0.25) is 0 Å². The second-order valence-electron chi connectivity index (χ2n) is 6.26. The average molecular weight is 238 g/mol. The molecule has 2 bridgehead atoms. The first kappa shape index (κ1) is 11.7. The molecule has 0 aromatic carbocycles. The van der Waals surface area contributed by atoms with Gasteiger partial charge in [-0.05, 0) is 30.1 Å². The maximum atomic E-state index is 10.8.